The molecule has 4 nitrogen and oxygen atoms in total. The summed E-state index contributed by atoms with van der Waals surface area (Å²) in [4.78, 5) is 11.0. The van der Waals surface area contributed by atoms with Crippen LogP contribution in [0.25, 0.3) is 0 Å². The summed E-state index contributed by atoms with van der Waals surface area (Å²) < 4.78 is 15.6. The fraction of sp³-hybridized carbons (Fsp3) is 0.643. The topological polar surface area (TPSA) is 44.8 Å². The Labute approximate surface area is 110 Å². The van der Waals surface area contributed by atoms with Crippen LogP contribution in [0.1, 0.15) is 26.2 Å². The van der Waals surface area contributed by atoms with Crippen LogP contribution in [0.15, 0.2) is 24.8 Å². The number of unbranched alkanes of at least 4 members (excludes halogenated alkanes) is 1. The van der Waals surface area contributed by atoms with Gasteiger partial charge in [0.05, 0.1) is 13.2 Å². The Kier molecular flexibility index (Phi) is 11.6. The number of esters is 1. The lowest BCUT2D eigenvalue weighted by Crippen LogP contribution is -2.08. The molecule has 0 rings (SSSR count). The Morgan fingerprint density at radius 1 is 1.06 bits per heavy atom. The third-order valence-electron chi connectivity index (χ3n) is 2.08. The van der Waals surface area contributed by atoms with Crippen LogP contribution >= 0.6 is 0 Å². The molecule has 4 heteroatoms. The van der Waals surface area contributed by atoms with Crippen LogP contribution in [-0.2, 0) is 19.0 Å². The fourth-order valence-corrected chi connectivity index (χ4v) is 1.13. The van der Waals surface area contributed by atoms with E-state index in [9.17, 15) is 4.79 Å². The average molecular weight is 256 g/mol. The van der Waals surface area contributed by atoms with E-state index in [1.54, 1.807) is 13.0 Å². The van der Waals surface area contributed by atoms with Gasteiger partial charge in [-0.15, -0.1) is 6.58 Å². The van der Waals surface area contributed by atoms with Gasteiger partial charge in [0.1, 0.15) is 0 Å². The predicted molar refractivity (Wildman–Crippen MR) is 71.5 cm³/mol. The van der Waals surface area contributed by atoms with Gasteiger partial charge >= 0.3 is 5.97 Å². The average Bonchev–Trinajstić information content (AvgIpc) is 2.35. The Morgan fingerprint density at radius 2 is 1.67 bits per heavy atom. The number of rotatable bonds is 12. The Morgan fingerprint density at radius 3 is 2.28 bits per heavy atom. The molecule has 0 fully saturated rings. The molecule has 0 spiro atoms. The fourth-order valence-electron chi connectivity index (χ4n) is 1.13. The monoisotopic (exact) mass is 256 g/mol. The van der Waals surface area contributed by atoms with E-state index in [0.29, 0.717) is 38.4 Å². The molecule has 0 saturated carbocycles. The zero-order valence-corrected chi connectivity index (χ0v) is 11.3. The Balaban J connectivity index is 3.10. The number of carbonyl (C=O) groups is 1. The van der Waals surface area contributed by atoms with Gasteiger partial charge < -0.3 is 14.2 Å². The highest BCUT2D eigenvalue weighted by atomic mass is 16.5. The SMILES string of the molecule is C=CCOCCCCOCCCOC(=O)C(=C)C. The molecule has 0 heterocycles. The minimum atomic E-state index is -0.339. The van der Waals surface area contributed by atoms with Crippen molar-refractivity contribution in [3.8, 4) is 0 Å². The molecule has 0 atom stereocenters. The summed E-state index contributed by atoms with van der Waals surface area (Å²) in [6.45, 7) is 11.8. The van der Waals surface area contributed by atoms with E-state index in [1.165, 1.54) is 0 Å². The number of hydrogen-bond donors (Lipinski definition) is 0. The molecule has 104 valence electrons. The molecule has 18 heavy (non-hydrogen) atoms. The van der Waals surface area contributed by atoms with Gasteiger partial charge in [0.2, 0.25) is 0 Å². The highest BCUT2D eigenvalue weighted by molar-refractivity contribution is 5.86. The van der Waals surface area contributed by atoms with Crippen LogP contribution in [0, 0.1) is 0 Å². The molecule has 0 N–H and O–H groups in total. The maximum Gasteiger partial charge on any atom is 0.333 e. The van der Waals surface area contributed by atoms with Crippen molar-refractivity contribution in [2.45, 2.75) is 26.2 Å². The zero-order chi connectivity index (χ0) is 13.6. The van der Waals surface area contributed by atoms with Gasteiger partial charge in [-0.1, -0.05) is 12.7 Å². The summed E-state index contributed by atoms with van der Waals surface area (Å²) in [5.41, 5.74) is 0.426. The summed E-state index contributed by atoms with van der Waals surface area (Å²) in [6.07, 6.45) is 4.41. The first-order valence-corrected chi connectivity index (χ1v) is 6.27. The quantitative estimate of drug-likeness (QED) is 0.233. The number of carbonyl (C=O) groups excluding carboxylic acids is 1. The molecule has 0 amide bonds. The molecular formula is C14H24O4. The van der Waals surface area contributed by atoms with Crippen molar-refractivity contribution in [1.82, 2.24) is 0 Å². The van der Waals surface area contributed by atoms with E-state index in [0.717, 1.165) is 19.4 Å². The van der Waals surface area contributed by atoms with Crippen molar-refractivity contribution in [2.75, 3.05) is 33.0 Å². The first-order chi connectivity index (χ1) is 8.68. The maximum absolute atomic E-state index is 11.0. The molecule has 0 aliphatic carbocycles. The molecule has 0 unspecified atom stereocenters. The zero-order valence-electron chi connectivity index (χ0n) is 11.3. The molecule has 0 aromatic heterocycles. The summed E-state index contributed by atoms with van der Waals surface area (Å²) in [5, 5.41) is 0. The lowest BCUT2D eigenvalue weighted by molar-refractivity contribution is -0.139. The second-order valence-electron chi connectivity index (χ2n) is 3.95. The van der Waals surface area contributed by atoms with Crippen molar-refractivity contribution in [3.05, 3.63) is 24.8 Å². The molecule has 0 aliphatic rings. The smallest absolute Gasteiger partial charge is 0.333 e. The second-order valence-corrected chi connectivity index (χ2v) is 3.95. The van der Waals surface area contributed by atoms with E-state index in [2.05, 4.69) is 13.2 Å². The number of hydrogen-bond acceptors (Lipinski definition) is 4. The number of ether oxygens (including phenoxy) is 3. The van der Waals surface area contributed by atoms with E-state index in [-0.39, 0.29) is 5.97 Å². The molecule has 0 aromatic rings. The second kappa shape index (κ2) is 12.3. The standard InChI is InChI=1S/C14H24O4/c1-4-8-16-9-5-6-10-17-11-7-12-18-14(15)13(2)3/h4H,1-2,5-12H2,3H3. The van der Waals surface area contributed by atoms with Crippen LogP contribution in [0.3, 0.4) is 0 Å². The minimum Gasteiger partial charge on any atom is -0.462 e. The van der Waals surface area contributed by atoms with Crippen LogP contribution in [0.5, 0.6) is 0 Å². The Hall–Kier alpha value is -1.13. The van der Waals surface area contributed by atoms with Crippen molar-refractivity contribution in [3.63, 3.8) is 0 Å². The third kappa shape index (κ3) is 11.4. The highest BCUT2D eigenvalue weighted by Gasteiger charge is 2.01. The normalized spacial score (nSPS) is 10.1. The lowest BCUT2D eigenvalue weighted by atomic mass is 10.3. The van der Waals surface area contributed by atoms with Gasteiger partial charge in [-0.3, -0.25) is 0 Å². The van der Waals surface area contributed by atoms with E-state index in [4.69, 9.17) is 14.2 Å². The van der Waals surface area contributed by atoms with E-state index in [1.807, 2.05) is 0 Å². The van der Waals surface area contributed by atoms with Crippen LogP contribution < -0.4 is 0 Å². The molecular weight excluding hydrogens is 232 g/mol. The van der Waals surface area contributed by atoms with Crippen molar-refractivity contribution in [1.29, 1.82) is 0 Å². The first-order valence-electron chi connectivity index (χ1n) is 6.27. The van der Waals surface area contributed by atoms with E-state index >= 15 is 0 Å². The summed E-state index contributed by atoms with van der Waals surface area (Å²) in [5.74, 6) is -0.339. The molecule has 0 saturated heterocycles. The molecule has 0 aromatic carbocycles. The van der Waals surface area contributed by atoms with Gasteiger partial charge in [0.25, 0.3) is 0 Å². The van der Waals surface area contributed by atoms with Crippen LogP contribution in [0.4, 0.5) is 0 Å². The summed E-state index contributed by atoms with van der Waals surface area (Å²) in [6, 6.07) is 0. The predicted octanol–water partition coefficient (Wildman–Crippen LogP) is 2.50. The Bertz CT molecular complexity index is 248. The van der Waals surface area contributed by atoms with Gasteiger partial charge in [-0.05, 0) is 19.8 Å². The highest BCUT2D eigenvalue weighted by Crippen LogP contribution is 1.95. The maximum atomic E-state index is 11.0. The molecule has 0 bridgehead atoms. The summed E-state index contributed by atoms with van der Waals surface area (Å²) >= 11 is 0. The van der Waals surface area contributed by atoms with Crippen molar-refractivity contribution < 1.29 is 19.0 Å². The minimum absolute atomic E-state index is 0.339. The van der Waals surface area contributed by atoms with Crippen LogP contribution in [0.2, 0.25) is 0 Å². The third-order valence-corrected chi connectivity index (χ3v) is 2.08. The van der Waals surface area contributed by atoms with E-state index < -0.39 is 0 Å². The van der Waals surface area contributed by atoms with Gasteiger partial charge in [-0.25, -0.2) is 4.79 Å². The first kappa shape index (κ1) is 16.9. The molecule has 0 radical (unpaired) electrons. The lowest BCUT2D eigenvalue weighted by Gasteiger charge is -2.06. The van der Waals surface area contributed by atoms with Crippen molar-refractivity contribution >= 4 is 5.97 Å². The summed E-state index contributed by atoms with van der Waals surface area (Å²) in [7, 11) is 0. The van der Waals surface area contributed by atoms with Crippen LogP contribution in [-0.4, -0.2) is 39.0 Å². The largest absolute Gasteiger partial charge is 0.462 e. The molecule has 0 aliphatic heterocycles. The van der Waals surface area contributed by atoms with Gasteiger partial charge in [0, 0.05) is 31.8 Å². The van der Waals surface area contributed by atoms with Gasteiger partial charge in [0.15, 0.2) is 0 Å². The van der Waals surface area contributed by atoms with Gasteiger partial charge in [-0.2, -0.15) is 0 Å². The van der Waals surface area contributed by atoms with Crippen molar-refractivity contribution in [2.24, 2.45) is 0 Å².